The molecule has 0 amide bonds. The molecule has 0 unspecified atom stereocenters. The predicted octanol–water partition coefficient (Wildman–Crippen LogP) is 1.68. The molecule has 0 bridgehead atoms. The highest BCUT2D eigenvalue weighted by Crippen LogP contribution is 2.21. The normalized spacial score (nSPS) is 10.6. The van der Waals surface area contributed by atoms with E-state index in [2.05, 4.69) is 5.10 Å². The topological polar surface area (TPSA) is 43.8 Å². The van der Waals surface area contributed by atoms with Crippen LogP contribution in [0, 0.1) is 5.82 Å². The molecular formula is C11H12FN3. The molecule has 0 aliphatic rings. The van der Waals surface area contributed by atoms with Gasteiger partial charge in [0.15, 0.2) is 0 Å². The number of halogens is 1. The molecule has 1 heterocycles. The molecule has 78 valence electrons. The van der Waals surface area contributed by atoms with Crippen molar-refractivity contribution in [1.29, 1.82) is 0 Å². The average Bonchev–Trinajstić information content (AvgIpc) is 2.60. The van der Waals surface area contributed by atoms with Crippen molar-refractivity contribution in [2.45, 2.75) is 6.54 Å². The van der Waals surface area contributed by atoms with Crippen LogP contribution in [-0.4, -0.2) is 9.78 Å². The van der Waals surface area contributed by atoms with Crippen LogP contribution in [-0.2, 0) is 13.6 Å². The lowest BCUT2D eigenvalue weighted by atomic mass is 10.1. The average molecular weight is 205 g/mol. The van der Waals surface area contributed by atoms with Crippen LogP contribution in [0.25, 0.3) is 11.3 Å². The minimum Gasteiger partial charge on any atom is -0.325 e. The Hall–Kier alpha value is -1.68. The smallest absolute Gasteiger partial charge is 0.132 e. The van der Waals surface area contributed by atoms with Gasteiger partial charge in [-0.05, 0) is 18.2 Å². The van der Waals surface area contributed by atoms with E-state index in [1.807, 2.05) is 0 Å². The maximum atomic E-state index is 13.4. The van der Waals surface area contributed by atoms with E-state index in [1.165, 1.54) is 6.07 Å². The predicted molar refractivity (Wildman–Crippen MR) is 56.5 cm³/mol. The molecule has 0 aliphatic heterocycles. The minimum atomic E-state index is -0.265. The van der Waals surface area contributed by atoms with Gasteiger partial charge in [0.2, 0.25) is 0 Å². The standard InChI is InChI=1S/C11H12FN3/c1-15-8(7-13)6-11(14-15)9-4-2-3-5-10(9)12/h2-6H,7,13H2,1H3. The fourth-order valence-corrected chi connectivity index (χ4v) is 1.50. The van der Waals surface area contributed by atoms with Crippen molar-refractivity contribution in [1.82, 2.24) is 9.78 Å². The van der Waals surface area contributed by atoms with Crippen LogP contribution in [0.2, 0.25) is 0 Å². The Balaban J connectivity index is 2.50. The van der Waals surface area contributed by atoms with Crippen LogP contribution in [0.1, 0.15) is 5.69 Å². The lowest BCUT2D eigenvalue weighted by Crippen LogP contribution is -2.03. The zero-order valence-corrected chi connectivity index (χ0v) is 8.44. The van der Waals surface area contributed by atoms with Gasteiger partial charge in [-0.3, -0.25) is 4.68 Å². The van der Waals surface area contributed by atoms with Gasteiger partial charge in [-0.2, -0.15) is 5.10 Å². The van der Waals surface area contributed by atoms with Gasteiger partial charge < -0.3 is 5.73 Å². The zero-order chi connectivity index (χ0) is 10.8. The number of hydrogen-bond donors (Lipinski definition) is 1. The van der Waals surface area contributed by atoms with E-state index in [0.29, 0.717) is 17.8 Å². The third-order valence-corrected chi connectivity index (χ3v) is 2.34. The first-order valence-corrected chi connectivity index (χ1v) is 4.70. The first-order chi connectivity index (χ1) is 7.22. The van der Waals surface area contributed by atoms with Gasteiger partial charge in [-0.15, -0.1) is 0 Å². The number of nitrogens with zero attached hydrogens (tertiary/aromatic N) is 2. The highest BCUT2D eigenvalue weighted by molar-refractivity contribution is 5.60. The monoisotopic (exact) mass is 205 g/mol. The molecule has 0 radical (unpaired) electrons. The molecule has 1 aromatic carbocycles. The van der Waals surface area contributed by atoms with Crippen molar-refractivity contribution >= 4 is 0 Å². The third kappa shape index (κ3) is 1.76. The summed E-state index contributed by atoms with van der Waals surface area (Å²) in [4.78, 5) is 0. The number of hydrogen-bond acceptors (Lipinski definition) is 2. The lowest BCUT2D eigenvalue weighted by molar-refractivity contribution is 0.629. The second-order valence-corrected chi connectivity index (χ2v) is 3.33. The van der Waals surface area contributed by atoms with Crippen molar-refractivity contribution in [3.8, 4) is 11.3 Å². The molecule has 2 N–H and O–H groups in total. The Morgan fingerprint density at radius 1 is 1.40 bits per heavy atom. The molecule has 0 atom stereocenters. The number of aromatic nitrogens is 2. The number of aryl methyl sites for hydroxylation is 1. The van der Waals surface area contributed by atoms with Crippen LogP contribution < -0.4 is 5.73 Å². The molecule has 0 spiro atoms. The summed E-state index contributed by atoms with van der Waals surface area (Å²) in [5, 5.41) is 4.21. The maximum Gasteiger partial charge on any atom is 0.132 e. The van der Waals surface area contributed by atoms with E-state index in [-0.39, 0.29) is 5.82 Å². The summed E-state index contributed by atoms with van der Waals surface area (Å²) in [6.07, 6.45) is 0. The minimum absolute atomic E-state index is 0.265. The van der Waals surface area contributed by atoms with E-state index < -0.39 is 0 Å². The summed E-state index contributed by atoms with van der Waals surface area (Å²) >= 11 is 0. The van der Waals surface area contributed by atoms with E-state index in [0.717, 1.165) is 5.69 Å². The summed E-state index contributed by atoms with van der Waals surface area (Å²) in [5.74, 6) is -0.265. The Bertz CT molecular complexity index is 476. The Morgan fingerprint density at radius 2 is 2.13 bits per heavy atom. The maximum absolute atomic E-state index is 13.4. The van der Waals surface area contributed by atoms with Crippen molar-refractivity contribution in [3.63, 3.8) is 0 Å². The largest absolute Gasteiger partial charge is 0.325 e. The third-order valence-electron chi connectivity index (χ3n) is 2.34. The van der Waals surface area contributed by atoms with Gasteiger partial charge in [0.1, 0.15) is 5.82 Å². The van der Waals surface area contributed by atoms with Crippen LogP contribution in [0.3, 0.4) is 0 Å². The van der Waals surface area contributed by atoms with Crippen molar-refractivity contribution in [2.24, 2.45) is 12.8 Å². The first-order valence-electron chi connectivity index (χ1n) is 4.70. The van der Waals surface area contributed by atoms with E-state index in [4.69, 9.17) is 5.73 Å². The van der Waals surface area contributed by atoms with Crippen LogP contribution >= 0.6 is 0 Å². The fraction of sp³-hybridized carbons (Fsp3) is 0.182. The molecule has 1 aromatic heterocycles. The summed E-state index contributed by atoms with van der Waals surface area (Å²) in [5.41, 5.74) is 7.54. The molecule has 15 heavy (non-hydrogen) atoms. The zero-order valence-electron chi connectivity index (χ0n) is 8.44. The number of rotatable bonds is 2. The molecule has 2 rings (SSSR count). The van der Waals surface area contributed by atoms with E-state index in [1.54, 1.807) is 36.0 Å². The molecular weight excluding hydrogens is 193 g/mol. The molecule has 3 nitrogen and oxygen atoms in total. The van der Waals surface area contributed by atoms with Crippen LogP contribution in [0.15, 0.2) is 30.3 Å². The summed E-state index contributed by atoms with van der Waals surface area (Å²) in [6, 6.07) is 8.38. The van der Waals surface area contributed by atoms with Gasteiger partial charge in [-0.1, -0.05) is 12.1 Å². The SMILES string of the molecule is Cn1nc(-c2ccccc2F)cc1CN. The highest BCUT2D eigenvalue weighted by atomic mass is 19.1. The van der Waals surface area contributed by atoms with E-state index in [9.17, 15) is 4.39 Å². The van der Waals surface area contributed by atoms with E-state index >= 15 is 0 Å². The molecule has 0 saturated carbocycles. The van der Waals surface area contributed by atoms with Gasteiger partial charge in [-0.25, -0.2) is 4.39 Å². The van der Waals surface area contributed by atoms with Crippen molar-refractivity contribution < 1.29 is 4.39 Å². The quantitative estimate of drug-likeness (QED) is 0.810. The van der Waals surface area contributed by atoms with Gasteiger partial charge in [0.25, 0.3) is 0 Å². The van der Waals surface area contributed by atoms with Crippen molar-refractivity contribution in [2.75, 3.05) is 0 Å². The summed E-state index contributed by atoms with van der Waals surface area (Å²) in [7, 11) is 1.80. The fourth-order valence-electron chi connectivity index (χ4n) is 1.50. The van der Waals surface area contributed by atoms with Crippen molar-refractivity contribution in [3.05, 3.63) is 41.8 Å². The first kappa shape index (κ1) is 9.86. The van der Waals surface area contributed by atoms with Gasteiger partial charge >= 0.3 is 0 Å². The van der Waals surface area contributed by atoms with Crippen LogP contribution in [0.5, 0.6) is 0 Å². The lowest BCUT2D eigenvalue weighted by Gasteiger charge is -1.97. The number of benzene rings is 1. The second-order valence-electron chi connectivity index (χ2n) is 3.33. The summed E-state index contributed by atoms with van der Waals surface area (Å²) < 4.78 is 15.1. The van der Waals surface area contributed by atoms with Gasteiger partial charge in [0.05, 0.1) is 11.4 Å². The molecule has 0 aliphatic carbocycles. The Kier molecular flexibility index (Phi) is 2.51. The second kappa shape index (κ2) is 3.82. The van der Waals surface area contributed by atoms with Gasteiger partial charge in [0, 0.05) is 19.2 Å². The summed E-state index contributed by atoms with van der Waals surface area (Å²) in [6.45, 7) is 0.401. The van der Waals surface area contributed by atoms with Crippen LogP contribution in [0.4, 0.5) is 4.39 Å². The Morgan fingerprint density at radius 3 is 2.73 bits per heavy atom. The Labute approximate surface area is 87.3 Å². The molecule has 4 heteroatoms. The molecule has 0 saturated heterocycles. The highest BCUT2D eigenvalue weighted by Gasteiger charge is 2.09. The molecule has 0 fully saturated rings. The number of nitrogens with two attached hydrogens (primary N) is 1. The molecule has 2 aromatic rings.